The van der Waals surface area contributed by atoms with Crippen molar-refractivity contribution in [1.29, 1.82) is 0 Å². The van der Waals surface area contributed by atoms with Crippen LogP contribution in [0.5, 0.6) is 0 Å². The largest absolute Gasteiger partial charge is 0.478 e. The zero-order valence-corrected chi connectivity index (χ0v) is 21.6. The van der Waals surface area contributed by atoms with Crippen molar-refractivity contribution in [3.05, 3.63) is 95.2 Å². The Bertz CT molecular complexity index is 993. The van der Waals surface area contributed by atoms with E-state index in [1.165, 1.54) is 0 Å². The van der Waals surface area contributed by atoms with Gasteiger partial charge in [0, 0.05) is 23.8 Å². The highest BCUT2D eigenvalue weighted by Crippen LogP contribution is 2.46. The summed E-state index contributed by atoms with van der Waals surface area (Å²) in [6, 6.07) is 0. The number of Topliss-reactive ketones (excluding diaryl/α,β-unsaturated/α-hetero) is 1. The minimum absolute atomic E-state index is 0.112. The van der Waals surface area contributed by atoms with Crippen LogP contribution in [0, 0.1) is 11.3 Å². The summed E-state index contributed by atoms with van der Waals surface area (Å²) in [5.41, 5.74) is 1.92. The molecule has 1 saturated carbocycles. The van der Waals surface area contributed by atoms with Crippen molar-refractivity contribution in [3.63, 3.8) is 0 Å². The van der Waals surface area contributed by atoms with E-state index in [4.69, 9.17) is 5.11 Å². The van der Waals surface area contributed by atoms with Gasteiger partial charge in [-0.1, -0.05) is 110 Å². The van der Waals surface area contributed by atoms with Crippen LogP contribution in [-0.2, 0) is 9.59 Å². The summed E-state index contributed by atoms with van der Waals surface area (Å²) in [7, 11) is 0. The standard InChI is InChI=1S/C30H40O4/c1-22(12-8-9-13-23(2)16-11-17-25(4)28(32)33)14-10-15-24(3)18-19-30(34)26(5)20-27(31)21-29(30,6)7/h8-19,26,34H,20-21H2,1-7H3,(H,32,33)/b9-8+,14-10+,16-11+,19-18+,22-12+,23-13+,24-15+,25-17+/t26-,30+/m1/s1. The number of allylic oxidation sites excluding steroid dienone is 14. The zero-order chi connectivity index (χ0) is 25.9. The smallest absolute Gasteiger partial charge is 0.331 e. The van der Waals surface area contributed by atoms with E-state index >= 15 is 0 Å². The SMILES string of the molecule is CC(/C=C/C=C(C)/C=C/[C@]1(O)[C@H](C)CC(=O)CC1(C)C)=C\C=C\C=C(C)\C=C\C=C(/C)C(=O)O. The van der Waals surface area contributed by atoms with Crippen LogP contribution in [0.1, 0.15) is 61.3 Å². The molecule has 184 valence electrons. The van der Waals surface area contributed by atoms with Gasteiger partial charge in [0.1, 0.15) is 5.78 Å². The van der Waals surface area contributed by atoms with Gasteiger partial charge in [0.2, 0.25) is 0 Å². The molecule has 0 radical (unpaired) electrons. The summed E-state index contributed by atoms with van der Waals surface area (Å²) >= 11 is 0. The maximum atomic E-state index is 11.9. The molecular weight excluding hydrogens is 424 g/mol. The van der Waals surface area contributed by atoms with Gasteiger partial charge in [-0.05, 0) is 33.6 Å². The third-order valence-electron chi connectivity index (χ3n) is 6.20. The van der Waals surface area contributed by atoms with E-state index in [0.717, 1.165) is 16.7 Å². The van der Waals surface area contributed by atoms with E-state index in [0.29, 0.717) is 18.4 Å². The quantitative estimate of drug-likeness (QED) is 0.289. The Hall–Kier alpha value is -2.98. The number of hydrogen-bond donors (Lipinski definition) is 2. The monoisotopic (exact) mass is 464 g/mol. The third kappa shape index (κ3) is 9.11. The van der Waals surface area contributed by atoms with E-state index in [1.807, 2.05) is 102 Å². The second-order valence-electron chi connectivity index (χ2n) is 9.85. The van der Waals surface area contributed by atoms with E-state index < -0.39 is 17.0 Å². The van der Waals surface area contributed by atoms with Crippen LogP contribution in [0.4, 0.5) is 0 Å². The molecule has 1 aliphatic rings. The molecule has 0 aromatic heterocycles. The van der Waals surface area contributed by atoms with Crippen molar-refractivity contribution in [2.24, 2.45) is 11.3 Å². The molecule has 1 aliphatic carbocycles. The Morgan fingerprint density at radius 3 is 1.82 bits per heavy atom. The average Bonchev–Trinajstić information content (AvgIpc) is 2.73. The van der Waals surface area contributed by atoms with E-state index in [2.05, 4.69) is 0 Å². The van der Waals surface area contributed by atoms with Gasteiger partial charge in [0.25, 0.3) is 0 Å². The first-order chi connectivity index (χ1) is 15.8. The van der Waals surface area contributed by atoms with Crippen molar-refractivity contribution < 1.29 is 19.8 Å². The van der Waals surface area contributed by atoms with Crippen molar-refractivity contribution >= 4 is 11.8 Å². The van der Waals surface area contributed by atoms with Crippen LogP contribution >= 0.6 is 0 Å². The highest BCUT2D eigenvalue weighted by atomic mass is 16.4. The summed E-state index contributed by atoms with van der Waals surface area (Å²) in [5, 5.41) is 20.1. The number of carboxylic acids is 1. The first kappa shape index (κ1) is 29.1. The zero-order valence-electron chi connectivity index (χ0n) is 21.6. The third-order valence-corrected chi connectivity index (χ3v) is 6.20. The lowest BCUT2D eigenvalue weighted by molar-refractivity contribution is -0.142. The second-order valence-corrected chi connectivity index (χ2v) is 9.85. The van der Waals surface area contributed by atoms with Crippen LogP contribution in [0.25, 0.3) is 0 Å². The van der Waals surface area contributed by atoms with Crippen LogP contribution in [0.2, 0.25) is 0 Å². The van der Waals surface area contributed by atoms with E-state index in [1.54, 1.807) is 19.1 Å². The van der Waals surface area contributed by atoms with Gasteiger partial charge in [0.05, 0.1) is 5.60 Å². The van der Waals surface area contributed by atoms with Crippen LogP contribution in [-0.4, -0.2) is 27.6 Å². The van der Waals surface area contributed by atoms with Gasteiger partial charge >= 0.3 is 5.97 Å². The molecule has 0 aromatic rings. The van der Waals surface area contributed by atoms with Gasteiger partial charge in [-0.15, -0.1) is 0 Å². The Balaban J connectivity index is 2.72. The first-order valence-electron chi connectivity index (χ1n) is 11.7. The molecule has 0 saturated heterocycles. The molecule has 1 fully saturated rings. The van der Waals surface area contributed by atoms with E-state index in [-0.39, 0.29) is 11.7 Å². The molecule has 0 aromatic carbocycles. The Labute approximate surface area is 205 Å². The lowest BCUT2D eigenvalue weighted by Gasteiger charge is -2.48. The van der Waals surface area contributed by atoms with Crippen LogP contribution in [0.15, 0.2) is 95.2 Å². The molecule has 0 bridgehead atoms. The fraction of sp³-hybridized carbons (Fsp3) is 0.400. The average molecular weight is 465 g/mol. The Morgan fingerprint density at radius 2 is 1.32 bits per heavy atom. The first-order valence-corrected chi connectivity index (χ1v) is 11.7. The van der Waals surface area contributed by atoms with Gasteiger partial charge in [-0.2, -0.15) is 0 Å². The molecule has 0 aliphatic heterocycles. The Kier molecular flexibility index (Phi) is 11.1. The fourth-order valence-electron chi connectivity index (χ4n) is 3.87. The maximum Gasteiger partial charge on any atom is 0.331 e. The van der Waals surface area contributed by atoms with Gasteiger partial charge in [-0.25, -0.2) is 4.79 Å². The fourth-order valence-corrected chi connectivity index (χ4v) is 3.87. The van der Waals surface area contributed by atoms with Crippen molar-refractivity contribution in [2.75, 3.05) is 0 Å². The predicted octanol–water partition coefficient (Wildman–Crippen LogP) is 6.84. The van der Waals surface area contributed by atoms with E-state index in [9.17, 15) is 14.7 Å². The summed E-state index contributed by atoms with van der Waals surface area (Å²) < 4.78 is 0. The van der Waals surface area contributed by atoms with Crippen LogP contribution in [0.3, 0.4) is 0 Å². The van der Waals surface area contributed by atoms with Gasteiger partial charge in [-0.3, -0.25) is 4.79 Å². The molecule has 0 amide bonds. The minimum atomic E-state index is -1.01. The molecule has 0 heterocycles. The normalized spacial score (nSPS) is 25.4. The molecule has 2 atom stereocenters. The molecule has 34 heavy (non-hydrogen) atoms. The molecule has 4 nitrogen and oxygen atoms in total. The van der Waals surface area contributed by atoms with Gasteiger partial charge in [0.15, 0.2) is 0 Å². The number of carbonyl (C=O) groups is 2. The predicted molar refractivity (Wildman–Crippen MR) is 141 cm³/mol. The van der Waals surface area contributed by atoms with Crippen molar-refractivity contribution in [1.82, 2.24) is 0 Å². The Morgan fingerprint density at radius 1 is 0.853 bits per heavy atom. The summed E-state index contributed by atoms with van der Waals surface area (Å²) in [6.45, 7) is 13.4. The number of rotatable bonds is 9. The second kappa shape index (κ2) is 13.0. The van der Waals surface area contributed by atoms with Crippen LogP contribution < -0.4 is 0 Å². The summed E-state index contributed by atoms with van der Waals surface area (Å²) in [5.74, 6) is -0.815. The highest BCUT2D eigenvalue weighted by Gasteiger charge is 2.50. The molecular formula is C30H40O4. The number of aliphatic carboxylic acids is 1. The lowest BCUT2D eigenvalue weighted by Crippen LogP contribution is -2.53. The maximum absolute atomic E-state index is 11.9. The molecule has 0 unspecified atom stereocenters. The molecule has 4 heteroatoms. The lowest BCUT2D eigenvalue weighted by atomic mass is 9.60. The number of aliphatic hydroxyl groups is 1. The highest BCUT2D eigenvalue weighted by molar-refractivity contribution is 5.86. The number of carbonyl (C=O) groups excluding carboxylic acids is 1. The molecule has 1 rings (SSSR count). The minimum Gasteiger partial charge on any atom is -0.478 e. The summed E-state index contributed by atoms with van der Waals surface area (Å²) in [4.78, 5) is 22.7. The van der Waals surface area contributed by atoms with Crippen molar-refractivity contribution in [2.45, 2.75) is 66.9 Å². The molecule has 0 spiro atoms. The number of carboxylic acid groups (broad SMARTS) is 1. The topological polar surface area (TPSA) is 74.6 Å². The number of ketones is 1. The number of hydrogen-bond acceptors (Lipinski definition) is 3. The van der Waals surface area contributed by atoms with Crippen molar-refractivity contribution in [3.8, 4) is 0 Å². The summed E-state index contributed by atoms with van der Waals surface area (Å²) in [6.07, 6.45) is 23.6. The van der Waals surface area contributed by atoms with Gasteiger partial charge < -0.3 is 10.2 Å². The molecule has 2 N–H and O–H groups in total.